The standard InChI is InChI=1S/C34H54O6/c1-20(35)39-24-12-13-31(8)22(29(24,5)6)11-14-32(9)26(31)25(40-21(2)36)27(37)34(38)23-19-28(3,4)15-16-30(23,7)17-18-33(32,34)10/h22-26,38H,11-19H2,1-10H3/t22-,23+,24+,25-,26+,30+,31-,32+,33-,34+/m0/s1. The Morgan fingerprint density at radius 2 is 1.38 bits per heavy atom. The second-order valence-electron chi connectivity index (χ2n) is 17.0. The first-order valence-electron chi connectivity index (χ1n) is 15.8. The molecule has 5 fully saturated rings. The van der Waals surface area contributed by atoms with Crippen LogP contribution in [0.15, 0.2) is 0 Å². The Hall–Kier alpha value is -1.43. The first-order chi connectivity index (χ1) is 18.2. The number of fused-ring (bicyclic) bond motifs is 7. The zero-order valence-electron chi connectivity index (χ0n) is 26.7. The molecular formula is C34H54O6. The van der Waals surface area contributed by atoms with Crippen LogP contribution in [-0.2, 0) is 23.9 Å². The number of carbonyl (C=O) groups excluding carboxylic acids is 3. The Bertz CT molecular complexity index is 1110. The fourth-order valence-corrected chi connectivity index (χ4v) is 11.8. The Morgan fingerprint density at radius 1 is 0.775 bits per heavy atom. The van der Waals surface area contributed by atoms with Crippen molar-refractivity contribution < 1.29 is 29.0 Å². The van der Waals surface area contributed by atoms with Gasteiger partial charge in [0, 0.05) is 36.5 Å². The molecule has 5 saturated carbocycles. The third-order valence-corrected chi connectivity index (χ3v) is 14.1. The molecule has 0 saturated heterocycles. The van der Waals surface area contributed by atoms with Gasteiger partial charge in [-0.3, -0.25) is 14.4 Å². The predicted octanol–water partition coefficient (Wildman–Crippen LogP) is 6.66. The molecule has 0 aromatic heterocycles. The number of ketones is 1. The monoisotopic (exact) mass is 558 g/mol. The summed E-state index contributed by atoms with van der Waals surface area (Å²) < 4.78 is 12.0. The lowest BCUT2D eigenvalue weighted by atomic mass is 9.29. The lowest BCUT2D eigenvalue weighted by Crippen LogP contribution is -2.80. The van der Waals surface area contributed by atoms with Gasteiger partial charge in [0.25, 0.3) is 0 Å². The number of hydrogen-bond donors (Lipinski definition) is 1. The van der Waals surface area contributed by atoms with Crippen molar-refractivity contribution in [3.05, 3.63) is 0 Å². The van der Waals surface area contributed by atoms with Gasteiger partial charge in [-0.25, -0.2) is 0 Å². The zero-order chi connectivity index (χ0) is 29.9. The fraction of sp³-hybridized carbons (Fsp3) is 0.912. The van der Waals surface area contributed by atoms with E-state index in [1.165, 1.54) is 13.8 Å². The Morgan fingerprint density at radius 3 is 1.98 bits per heavy atom. The Labute approximate surface area is 241 Å². The lowest BCUT2D eigenvalue weighted by Gasteiger charge is -2.75. The molecule has 0 aromatic rings. The summed E-state index contributed by atoms with van der Waals surface area (Å²) in [6.45, 7) is 20.9. The molecule has 0 bridgehead atoms. The van der Waals surface area contributed by atoms with Crippen molar-refractivity contribution >= 4 is 17.7 Å². The number of hydrogen-bond acceptors (Lipinski definition) is 6. The maximum atomic E-state index is 15.0. The normalized spacial score (nSPS) is 50.9. The molecule has 6 nitrogen and oxygen atoms in total. The molecule has 6 heteroatoms. The minimum Gasteiger partial charge on any atom is -0.462 e. The molecule has 0 spiro atoms. The quantitative estimate of drug-likeness (QED) is 0.382. The van der Waals surface area contributed by atoms with E-state index in [0.29, 0.717) is 6.42 Å². The van der Waals surface area contributed by atoms with Crippen molar-refractivity contribution in [3.8, 4) is 0 Å². The van der Waals surface area contributed by atoms with Gasteiger partial charge in [-0.1, -0.05) is 55.4 Å². The maximum Gasteiger partial charge on any atom is 0.303 e. The van der Waals surface area contributed by atoms with Crippen molar-refractivity contribution in [2.45, 2.75) is 145 Å². The second kappa shape index (κ2) is 8.80. The molecule has 0 heterocycles. The van der Waals surface area contributed by atoms with E-state index in [2.05, 4.69) is 55.4 Å². The highest BCUT2D eigenvalue weighted by Gasteiger charge is 2.80. The maximum absolute atomic E-state index is 15.0. The molecule has 0 radical (unpaired) electrons. The molecule has 5 aliphatic carbocycles. The van der Waals surface area contributed by atoms with Crippen LogP contribution in [0.1, 0.15) is 127 Å². The van der Waals surface area contributed by atoms with Crippen molar-refractivity contribution in [1.29, 1.82) is 0 Å². The van der Waals surface area contributed by atoms with Gasteiger partial charge < -0.3 is 14.6 Å². The Kier molecular flexibility index (Phi) is 6.61. The van der Waals surface area contributed by atoms with E-state index in [1.807, 2.05) is 0 Å². The first kappa shape index (κ1) is 30.0. The van der Waals surface area contributed by atoms with E-state index in [0.717, 1.165) is 51.4 Å². The fourth-order valence-electron chi connectivity index (χ4n) is 11.8. The molecule has 0 aromatic carbocycles. The van der Waals surface area contributed by atoms with Crippen LogP contribution in [0.5, 0.6) is 0 Å². The molecule has 1 N–H and O–H groups in total. The zero-order valence-corrected chi connectivity index (χ0v) is 26.7. The molecule has 40 heavy (non-hydrogen) atoms. The van der Waals surface area contributed by atoms with E-state index < -0.39 is 28.5 Å². The molecule has 0 amide bonds. The van der Waals surface area contributed by atoms with Gasteiger partial charge in [0.15, 0.2) is 6.10 Å². The molecular weight excluding hydrogens is 504 g/mol. The smallest absolute Gasteiger partial charge is 0.303 e. The van der Waals surface area contributed by atoms with Gasteiger partial charge in [0.05, 0.1) is 0 Å². The third kappa shape index (κ3) is 3.72. The minimum absolute atomic E-state index is 0.0376. The average Bonchev–Trinajstić information content (AvgIpc) is 2.82. The van der Waals surface area contributed by atoms with Crippen molar-refractivity contribution in [2.75, 3.05) is 0 Å². The number of Topliss-reactive ketones (excluding diaryl/α,β-unsaturated/α-hetero) is 1. The number of ether oxygens (including phenoxy) is 2. The topological polar surface area (TPSA) is 89.9 Å². The van der Waals surface area contributed by atoms with Gasteiger partial charge in [0.2, 0.25) is 5.78 Å². The van der Waals surface area contributed by atoms with Crippen LogP contribution in [-0.4, -0.2) is 40.6 Å². The molecule has 10 atom stereocenters. The SMILES string of the molecule is CC(=O)O[C@@H]1C(=O)[C@]2(O)[C@@H]3CC(C)(C)CC[C@]3(C)CC[C@@]2(C)[C@]2(C)CC[C@H]3C(C)(C)[C@H](OC(C)=O)CC[C@]3(C)[C@@H]12. The van der Waals surface area contributed by atoms with Crippen molar-refractivity contribution in [3.63, 3.8) is 0 Å². The van der Waals surface area contributed by atoms with Gasteiger partial charge in [-0.2, -0.15) is 0 Å². The highest BCUT2D eigenvalue weighted by Crippen LogP contribution is 2.77. The molecule has 0 aliphatic heterocycles. The summed E-state index contributed by atoms with van der Waals surface area (Å²) in [5.41, 5.74) is -3.30. The number of rotatable bonds is 2. The second-order valence-corrected chi connectivity index (χ2v) is 17.0. The number of esters is 2. The van der Waals surface area contributed by atoms with Gasteiger partial charge in [-0.15, -0.1) is 0 Å². The molecule has 5 aliphatic rings. The van der Waals surface area contributed by atoms with Gasteiger partial charge in [0.1, 0.15) is 11.7 Å². The lowest BCUT2D eigenvalue weighted by molar-refractivity contribution is -0.311. The van der Waals surface area contributed by atoms with E-state index in [-0.39, 0.29) is 57.3 Å². The summed E-state index contributed by atoms with van der Waals surface area (Å²) in [6, 6.07) is 0. The highest BCUT2D eigenvalue weighted by molar-refractivity contribution is 5.95. The Balaban J connectivity index is 1.67. The summed E-state index contributed by atoms with van der Waals surface area (Å²) in [5, 5.41) is 13.1. The van der Waals surface area contributed by atoms with Crippen LogP contribution >= 0.6 is 0 Å². The summed E-state index contributed by atoms with van der Waals surface area (Å²) in [5.74, 6) is -1.20. The minimum atomic E-state index is -1.56. The number of aliphatic hydroxyl groups is 1. The summed E-state index contributed by atoms with van der Waals surface area (Å²) in [6.07, 6.45) is 6.77. The predicted molar refractivity (Wildman–Crippen MR) is 153 cm³/mol. The van der Waals surface area contributed by atoms with Crippen molar-refractivity contribution in [1.82, 2.24) is 0 Å². The summed E-state index contributed by atoms with van der Waals surface area (Å²) >= 11 is 0. The van der Waals surface area contributed by atoms with Crippen molar-refractivity contribution in [2.24, 2.45) is 50.2 Å². The summed E-state index contributed by atoms with van der Waals surface area (Å²) in [4.78, 5) is 39.7. The molecule has 5 rings (SSSR count). The van der Waals surface area contributed by atoms with Crippen LogP contribution in [0.2, 0.25) is 0 Å². The number of carbonyl (C=O) groups is 3. The van der Waals surface area contributed by atoms with Crippen LogP contribution < -0.4 is 0 Å². The molecule has 0 unspecified atom stereocenters. The highest BCUT2D eigenvalue weighted by atomic mass is 16.6. The van der Waals surface area contributed by atoms with Gasteiger partial charge in [-0.05, 0) is 85.4 Å². The van der Waals surface area contributed by atoms with E-state index in [9.17, 15) is 14.7 Å². The van der Waals surface area contributed by atoms with E-state index in [4.69, 9.17) is 9.47 Å². The molecule has 226 valence electrons. The first-order valence-corrected chi connectivity index (χ1v) is 15.8. The third-order valence-electron chi connectivity index (χ3n) is 14.1. The van der Waals surface area contributed by atoms with Crippen LogP contribution in [0.4, 0.5) is 0 Å². The van der Waals surface area contributed by atoms with Crippen LogP contribution in [0.3, 0.4) is 0 Å². The van der Waals surface area contributed by atoms with Gasteiger partial charge >= 0.3 is 11.9 Å². The van der Waals surface area contributed by atoms with E-state index in [1.54, 1.807) is 0 Å². The van der Waals surface area contributed by atoms with E-state index >= 15 is 4.79 Å². The van der Waals surface area contributed by atoms with Crippen LogP contribution in [0.25, 0.3) is 0 Å². The summed E-state index contributed by atoms with van der Waals surface area (Å²) in [7, 11) is 0. The van der Waals surface area contributed by atoms with Crippen LogP contribution in [0, 0.1) is 50.2 Å². The largest absolute Gasteiger partial charge is 0.462 e. The average molecular weight is 559 g/mol.